The van der Waals surface area contributed by atoms with E-state index in [9.17, 15) is 5.11 Å². The van der Waals surface area contributed by atoms with Crippen LogP contribution < -0.4 is 5.32 Å². The third-order valence-electron chi connectivity index (χ3n) is 2.14. The first kappa shape index (κ1) is 13.1. The molecule has 0 saturated carbocycles. The average molecular weight is 313 g/mol. The van der Waals surface area contributed by atoms with Gasteiger partial charge < -0.3 is 10.4 Å². The van der Waals surface area contributed by atoms with Crippen molar-refractivity contribution in [3.8, 4) is 0 Å². The van der Waals surface area contributed by atoms with Crippen molar-refractivity contribution in [1.29, 1.82) is 0 Å². The van der Waals surface area contributed by atoms with E-state index in [4.69, 9.17) is 23.2 Å². The van der Waals surface area contributed by atoms with Crippen LogP contribution in [0.4, 0.5) is 5.69 Å². The summed E-state index contributed by atoms with van der Waals surface area (Å²) in [5.74, 6) is 0. The normalized spacial score (nSPS) is 14.8. The molecule has 0 radical (unpaired) electrons. The molecule has 84 valence electrons. The van der Waals surface area contributed by atoms with Crippen molar-refractivity contribution in [3.63, 3.8) is 0 Å². The maximum absolute atomic E-state index is 9.35. The van der Waals surface area contributed by atoms with Crippen LogP contribution in [0, 0.1) is 0 Å². The van der Waals surface area contributed by atoms with Crippen LogP contribution in [0.2, 0.25) is 10.0 Å². The Labute approximate surface area is 108 Å². The molecule has 0 aliphatic rings. The first-order chi connectivity index (χ1) is 6.93. The van der Waals surface area contributed by atoms with Crippen LogP contribution in [-0.4, -0.2) is 17.3 Å². The third-order valence-corrected chi connectivity index (χ3v) is 3.91. The lowest BCUT2D eigenvalue weighted by molar-refractivity contribution is 0.178. The summed E-state index contributed by atoms with van der Waals surface area (Å²) in [6, 6.07) is 3.54. The predicted octanol–water partition coefficient (Wildman–Crippen LogP) is 3.94. The Bertz CT molecular complexity index is 358. The summed E-state index contributed by atoms with van der Waals surface area (Å²) in [6.07, 6.45) is -0.455. The number of rotatable bonds is 3. The highest BCUT2D eigenvalue weighted by Gasteiger charge is 2.13. The van der Waals surface area contributed by atoms with Gasteiger partial charge in [0.25, 0.3) is 0 Å². The van der Waals surface area contributed by atoms with E-state index in [0.717, 1.165) is 10.2 Å². The minimum atomic E-state index is -0.455. The molecule has 0 fully saturated rings. The second kappa shape index (κ2) is 5.39. The zero-order chi connectivity index (χ0) is 11.6. The van der Waals surface area contributed by atoms with E-state index < -0.39 is 6.10 Å². The molecule has 1 aromatic rings. The van der Waals surface area contributed by atoms with E-state index in [1.807, 2.05) is 19.1 Å². The standard InChI is InChI=1S/C10H12BrCl2NO/c1-5(6(2)15)14-8-4-3-7(11)9(12)10(8)13/h3-6,14-15H,1-2H3. The SMILES string of the molecule is CC(O)C(C)Nc1ccc(Br)c(Cl)c1Cl. The second-order valence-electron chi connectivity index (χ2n) is 3.40. The van der Waals surface area contributed by atoms with Gasteiger partial charge in [-0.2, -0.15) is 0 Å². The fourth-order valence-electron chi connectivity index (χ4n) is 1.00. The van der Waals surface area contributed by atoms with Crippen LogP contribution in [-0.2, 0) is 0 Å². The van der Waals surface area contributed by atoms with E-state index >= 15 is 0 Å². The fourth-order valence-corrected chi connectivity index (χ4v) is 1.83. The number of halogens is 3. The third kappa shape index (κ3) is 3.25. The first-order valence-corrected chi connectivity index (χ1v) is 6.06. The van der Waals surface area contributed by atoms with E-state index in [0.29, 0.717) is 10.0 Å². The highest BCUT2D eigenvalue weighted by Crippen LogP contribution is 2.36. The van der Waals surface area contributed by atoms with Crippen molar-refractivity contribution >= 4 is 44.8 Å². The molecule has 0 bridgehead atoms. The molecular weight excluding hydrogens is 301 g/mol. The molecule has 1 aromatic carbocycles. The molecule has 1 rings (SSSR count). The molecule has 0 saturated heterocycles. The average Bonchev–Trinajstić information content (AvgIpc) is 2.18. The van der Waals surface area contributed by atoms with Crippen molar-refractivity contribution in [1.82, 2.24) is 0 Å². The smallest absolute Gasteiger partial charge is 0.0835 e. The summed E-state index contributed by atoms with van der Waals surface area (Å²) in [5, 5.41) is 13.4. The van der Waals surface area contributed by atoms with Crippen LogP contribution in [0.1, 0.15) is 13.8 Å². The highest BCUT2D eigenvalue weighted by molar-refractivity contribution is 9.10. The Balaban J connectivity index is 2.92. The summed E-state index contributed by atoms with van der Waals surface area (Å²) in [7, 11) is 0. The van der Waals surface area contributed by atoms with Gasteiger partial charge in [0.1, 0.15) is 0 Å². The lowest BCUT2D eigenvalue weighted by Gasteiger charge is -2.19. The molecule has 0 spiro atoms. The van der Waals surface area contributed by atoms with Crippen LogP contribution >= 0.6 is 39.1 Å². The summed E-state index contributed by atoms with van der Waals surface area (Å²) >= 11 is 15.3. The minimum absolute atomic E-state index is 0.0836. The lowest BCUT2D eigenvalue weighted by atomic mass is 10.2. The number of aliphatic hydroxyl groups excluding tert-OH is 1. The van der Waals surface area contributed by atoms with Crippen LogP contribution in [0.15, 0.2) is 16.6 Å². The van der Waals surface area contributed by atoms with Gasteiger partial charge in [-0.05, 0) is 41.9 Å². The van der Waals surface area contributed by atoms with Crippen molar-refractivity contribution in [2.75, 3.05) is 5.32 Å². The molecule has 0 aromatic heterocycles. The first-order valence-electron chi connectivity index (χ1n) is 4.51. The van der Waals surface area contributed by atoms with Crippen molar-refractivity contribution < 1.29 is 5.11 Å². The number of nitrogens with one attached hydrogen (secondary N) is 1. The number of anilines is 1. The van der Waals surface area contributed by atoms with Gasteiger partial charge in [0, 0.05) is 10.5 Å². The van der Waals surface area contributed by atoms with Crippen LogP contribution in [0.3, 0.4) is 0 Å². The Hall–Kier alpha value is 0.0400. The van der Waals surface area contributed by atoms with Crippen molar-refractivity contribution in [2.45, 2.75) is 26.0 Å². The highest BCUT2D eigenvalue weighted by atomic mass is 79.9. The quantitative estimate of drug-likeness (QED) is 0.829. The number of hydrogen-bond donors (Lipinski definition) is 2. The van der Waals surface area contributed by atoms with Gasteiger partial charge >= 0.3 is 0 Å². The zero-order valence-corrected chi connectivity index (χ0v) is 11.5. The molecule has 15 heavy (non-hydrogen) atoms. The summed E-state index contributed by atoms with van der Waals surface area (Å²) < 4.78 is 0.754. The van der Waals surface area contributed by atoms with Gasteiger partial charge in [0.2, 0.25) is 0 Å². The summed E-state index contributed by atoms with van der Waals surface area (Å²) in [6.45, 7) is 3.59. The monoisotopic (exact) mass is 311 g/mol. The molecule has 2 unspecified atom stereocenters. The largest absolute Gasteiger partial charge is 0.391 e. The van der Waals surface area contributed by atoms with Gasteiger partial charge in [-0.15, -0.1) is 0 Å². The summed E-state index contributed by atoms with van der Waals surface area (Å²) in [4.78, 5) is 0. The van der Waals surface area contributed by atoms with E-state index in [1.54, 1.807) is 6.92 Å². The van der Waals surface area contributed by atoms with Gasteiger partial charge in [-0.1, -0.05) is 23.2 Å². The van der Waals surface area contributed by atoms with Crippen LogP contribution in [0.25, 0.3) is 0 Å². The fraction of sp³-hybridized carbons (Fsp3) is 0.400. The number of benzene rings is 1. The summed E-state index contributed by atoms with van der Waals surface area (Å²) in [5.41, 5.74) is 0.721. The Morgan fingerprint density at radius 1 is 1.27 bits per heavy atom. The second-order valence-corrected chi connectivity index (χ2v) is 5.01. The molecule has 2 N–H and O–H groups in total. The number of hydrogen-bond acceptors (Lipinski definition) is 2. The topological polar surface area (TPSA) is 32.3 Å². The van der Waals surface area contributed by atoms with Gasteiger partial charge in [0.05, 0.1) is 21.8 Å². The van der Waals surface area contributed by atoms with Gasteiger partial charge in [-0.25, -0.2) is 0 Å². The minimum Gasteiger partial charge on any atom is -0.391 e. The van der Waals surface area contributed by atoms with Crippen molar-refractivity contribution in [2.24, 2.45) is 0 Å². The zero-order valence-electron chi connectivity index (χ0n) is 8.39. The Morgan fingerprint density at radius 3 is 2.40 bits per heavy atom. The maximum atomic E-state index is 9.35. The molecule has 0 aliphatic heterocycles. The van der Waals surface area contributed by atoms with E-state index in [-0.39, 0.29) is 6.04 Å². The Kier molecular flexibility index (Phi) is 4.71. The van der Waals surface area contributed by atoms with E-state index in [2.05, 4.69) is 21.2 Å². The molecule has 0 heterocycles. The lowest BCUT2D eigenvalue weighted by Crippen LogP contribution is -2.27. The van der Waals surface area contributed by atoms with Crippen molar-refractivity contribution in [3.05, 3.63) is 26.7 Å². The van der Waals surface area contributed by atoms with Gasteiger partial charge in [-0.3, -0.25) is 0 Å². The molecule has 5 heteroatoms. The molecule has 0 aliphatic carbocycles. The molecule has 2 nitrogen and oxygen atoms in total. The number of aliphatic hydroxyl groups is 1. The molecular formula is C10H12BrCl2NO. The van der Waals surface area contributed by atoms with Gasteiger partial charge in [0.15, 0.2) is 0 Å². The predicted molar refractivity (Wildman–Crippen MR) is 68.9 cm³/mol. The maximum Gasteiger partial charge on any atom is 0.0835 e. The van der Waals surface area contributed by atoms with Crippen LogP contribution in [0.5, 0.6) is 0 Å². The van der Waals surface area contributed by atoms with E-state index in [1.165, 1.54) is 0 Å². The molecule has 0 amide bonds. The molecule has 2 atom stereocenters. The Morgan fingerprint density at radius 2 is 1.87 bits per heavy atom.